The Hall–Kier alpha value is -0.200. The molecule has 0 aliphatic carbocycles. The lowest BCUT2D eigenvalue weighted by atomic mass is 9.91. The van der Waals surface area contributed by atoms with Crippen molar-refractivity contribution in [2.45, 2.75) is 32.4 Å². The molecule has 1 unspecified atom stereocenters. The van der Waals surface area contributed by atoms with Crippen LogP contribution in [0.5, 0.6) is 0 Å². The van der Waals surface area contributed by atoms with E-state index in [1.807, 2.05) is 25.6 Å². The first-order valence-electron chi connectivity index (χ1n) is 4.66. The Morgan fingerprint density at radius 2 is 2.15 bits per heavy atom. The highest BCUT2D eigenvalue weighted by Crippen LogP contribution is 2.17. The van der Waals surface area contributed by atoms with Crippen molar-refractivity contribution in [1.29, 1.82) is 5.26 Å². The van der Waals surface area contributed by atoms with Crippen molar-refractivity contribution in [2.75, 3.05) is 19.3 Å². The molecule has 0 spiro atoms. The summed E-state index contributed by atoms with van der Waals surface area (Å²) >= 11 is 1.86. The second-order valence-electron chi connectivity index (χ2n) is 4.00. The monoisotopic (exact) mass is 200 g/mol. The van der Waals surface area contributed by atoms with E-state index in [2.05, 4.69) is 24.6 Å². The third kappa shape index (κ3) is 6.92. The lowest BCUT2D eigenvalue weighted by molar-refractivity contribution is 0.434. The second kappa shape index (κ2) is 6.28. The Morgan fingerprint density at radius 1 is 1.54 bits per heavy atom. The van der Waals surface area contributed by atoms with Gasteiger partial charge in [-0.05, 0) is 33.1 Å². The largest absolute Gasteiger partial charge is 0.316 e. The maximum atomic E-state index is 8.77. The van der Waals surface area contributed by atoms with E-state index in [0.717, 1.165) is 19.5 Å². The normalized spacial score (nSPS) is 13.8. The zero-order valence-corrected chi connectivity index (χ0v) is 9.87. The van der Waals surface area contributed by atoms with Crippen LogP contribution in [0.15, 0.2) is 0 Å². The molecular formula is C10H20N2S. The molecular weight excluding hydrogens is 180 g/mol. The van der Waals surface area contributed by atoms with E-state index in [-0.39, 0.29) is 5.41 Å². The van der Waals surface area contributed by atoms with Gasteiger partial charge < -0.3 is 5.32 Å². The number of thioether (sulfide) groups is 1. The first-order chi connectivity index (χ1) is 6.02. The summed E-state index contributed by atoms with van der Waals surface area (Å²) in [5.74, 6) is 0. The summed E-state index contributed by atoms with van der Waals surface area (Å²) in [5.41, 5.74) is -0.185. The molecule has 0 saturated carbocycles. The van der Waals surface area contributed by atoms with Gasteiger partial charge in [-0.2, -0.15) is 17.0 Å². The number of hydrogen-bond donors (Lipinski definition) is 1. The SMILES string of the molecule is CSC(C)CNCCC(C)(C)C#N. The fourth-order valence-electron chi connectivity index (χ4n) is 0.845. The molecule has 0 aliphatic heterocycles. The molecule has 0 aromatic heterocycles. The number of nitrogens with one attached hydrogen (secondary N) is 1. The molecule has 0 aromatic carbocycles. The topological polar surface area (TPSA) is 35.8 Å². The molecule has 2 nitrogen and oxygen atoms in total. The van der Waals surface area contributed by atoms with Crippen molar-refractivity contribution in [3.8, 4) is 6.07 Å². The fraction of sp³-hybridized carbons (Fsp3) is 0.900. The predicted octanol–water partition coefficient (Wildman–Crippen LogP) is 2.27. The molecule has 0 aliphatic rings. The molecule has 3 heteroatoms. The quantitative estimate of drug-likeness (QED) is 0.668. The minimum absolute atomic E-state index is 0.185. The molecule has 76 valence electrons. The van der Waals surface area contributed by atoms with E-state index in [0.29, 0.717) is 5.25 Å². The van der Waals surface area contributed by atoms with Crippen LogP contribution in [0.3, 0.4) is 0 Å². The molecule has 0 bridgehead atoms. The molecule has 0 fully saturated rings. The van der Waals surface area contributed by atoms with Crippen LogP contribution < -0.4 is 5.32 Å². The molecule has 13 heavy (non-hydrogen) atoms. The molecule has 1 atom stereocenters. The van der Waals surface area contributed by atoms with Gasteiger partial charge in [-0.3, -0.25) is 0 Å². The fourth-order valence-corrected chi connectivity index (χ4v) is 1.13. The molecule has 0 radical (unpaired) electrons. The number of hydrogen-bond acceptors (Lipinski definition) is 3. The van der Waals surface area contributed by atoms with Crippen molar-refractivity contribution < 1.29 is 0 Å². The van der Waals surface area contributed by atoms with E-state index in [1.165, 1.54) is 0 Å². The smallest absolute Gasteiger partial charge is 0.0684 e. The van der Waals surface area contributed by atoms with Crippen LogP contribution in [0, 0.1) is 16.7 Å². The van der Waals surface area contributed by atoms with Crippen molar-refractivity contribution in [2.24, 2.45) is 5.41 Å². The summed E-state index contributed by atoms with van der Waals surface area (Å²) in [5, 5.41) is 12.8. The van der Waals surface area contributed by atoms with E-state index in [1.54, 1.807) is 0 Å². The highest BCUT2D eigenvalue weighted by Gasteiger charge is 2.15. The molecule has 1 N–H and O–H groups in total. The van der Waals surface area contributed by atoms with Gasteiger partial charge in [0.1, 0.15) is 0 Å². The van der Waals surface area contributed by atoms with Crippen LogP contribution >= 0.6 is 11.8 Å². The predicted molar refractivity (Wildman–Crippen MR) is 59.9 cm³/mol. The van der Waals surface area contributed by atoms with E-state index < -0.39 is 0 Å². The summed E-state index contributed by atoms with van der Waals surface area (Å²) in [6.07, 6.45) is 3.04. The number of nitrogens with zero attached hydrogens (tertiary/aromatic N) is 1. The molecule has 0 saturated heterocycles. The van der Waals surface area contributed by atoms with Gasteiger partial charge in [0.2, 0.25) is 0 Å². The van der Waals surface area contributed by atoms with E-state index >= 15 is 0 Å². The van der Waals surface area contributed by atoms with Gasteiger partial charge >= 0.3 is 0 Å². The highest BCUT2D eigenvalue weighted by atomic mass is 32.2. The Bertz CT molecular complexity index is 172. The van der Waals surface area contributed by atoms with Crippen molar-refractivity contribution in [1.82, 2.24) is 5.32 Å². The van der Waals surface area contributed by atoms with E-state index in [9.17, 15) is 0 Å². The minimum atomic E-state index is -0.185. The summed E-state index contributed by atoms with van der Waals surface area (Å²) in [6, 6.07) is 2.30. The van der Waals surface area contributed by atoms with Crippen LogP contribution in [0.2, 0.25) is 0 Å². The average molecular weight is 200 g/mol. The van der Waals surface area contributed by atoms with Gasteiger partial charge in [0.15, 0.2) is 0 Å². The summed E-state index contributed by atoms with van der Waals surface area (Å²) < 4.78 is 0. The highest BCUT2D eigenvalue weighted by molar-refractivity contribution is 7.99. The zero-order chi connectivity index (χ0) is 10.3. The van der Waals surface area contributed by atoms with Crippen molar-refractivity contribution in [3.05, 3.63) is 0 Å². The van der Waals surface area contributed by atoms with Gasteiger partial charge in [-0.15, -0.1) is 0 Å². The van der Waals surface area contributed by atoms with E-state index in [4.69, 9.17) is 5.26 Å². The lowest BCUT2D eigenvalue weighted by Gasteiger charge is -2.16. The van der Waals surface area contributed by atoms with Crippen LogP contribution in [0.25, 0.3) is 0 Å². The summed E-state index contributed by atoms with van der Waals surface area (Å²) in [4.78, 5) is 0. The summed E-state index contributed by atoms with van der Waals surface area (Å²) in [7, 11) is 0. The Balaban J connectivity index is 3.42. The van der Waals surface area contributed by atoms with Crippen molar-refractivity contribution >= 4 is 11.8 Å². The standard InChI is InChI=1S/C10H20N2S/c1-9(13-4)7-12-6-5-10(2,3)8-11/h9,12H,5-7H2,1-4H3. The van der Waals surface area contributed by atoms with Crippen LogP contribution in [0.4, 0.5) is 0 Å². The molecule has 0 heterocycles. The van der Waals surface area contributed by atoms with Crippen LogP contribution in [-0.4, -0.2) is 24.6 Å². The molecule has 0 amide bonds. The van der Waals surface area contributed by atoms with Gasteiger partial charge in [-0.25, -0.2) is 0 Å². The van der Waals surface area contributed by atoms with Crippen molar-refractivity contribution in [3.63, 3.8) is 0 Å². The first kappa shape index (κ1) is 12.8. The number of rotatable bonds is 6. The van der Waals surface area contributed by atoms with Gasteiger partial charge in [0, 0.05) is 11.8 Å². The number of nitriles is 1. The van der Waals surface area contributed by atoms with Crippen LogP contribution in [0.1, 0.15) is 27.2 Å². The summed E-state index contributed by atoms with van der Waals surface area (Å²) in [6.45, 7) is 8.13. The van der Waals surface area contributed by atoms with Gasteiger partial charge in [-0.1, -0.05) is 6.92 Å². The Labute approximate surface area is 86.1 Å². The van der Waals surface area contributed by atoms with Gasteiger partial charge in [0.25, 0.3) is 0 Å². The molecule has 0 rings (SSSR count). The average Bonchev–Trinajstić information content (AvgIpc) is 2.12. The lowest BCUT2D eigenvalue weighted by Crippen LogP contribution is -2.26. The minimum Gasteiger partial charge on any atom is -0.316 e. The Kier molecular flexibility index (Phi) is 6.19. The zero-order valence-electron chi connectivity index (χ0n) is 9.05. The second-order valence-corrected chi connectivity index (χ2v) is 5.27. The van der Waals surface area contributed by atoms with Crippen LogP contribution in [-0.2, 0) is 0 Å². The molecule has 0 aromatic rings. The maximum absolute atomic E-state index is 8.77. The third-order valence-electron chi connectivity index (χ3n) is 2.06. The first-order valence-corrected chi connectivity index (χ1v) is 5.95. The maximum Gasteiger partial charge on any atom is 0.0684 e. The third-order valence-corrected chi connectivity index (χ3v) is 3.04. The Morgan fingerprint density at radius 3 is 2.62 bits per heavy atom. The van der Waals surface area contributed by atoms with Gasteiger partial charge in [0.05, 0.1) is 11.5 Å².